The molecule has 0 saturated carbocycles. The van der Waals surface area contributed by atoms with Gasteiger partial charge in [0.1, 0.15) is 16.7 Å². The van der Waals surface area contributed by atoms with Crippen LogP contribution in [0.3, 0.4) is 0 Å². The van der Waals surface area contributed by atoms with E-state index in [0.29, 0.717) is 10.5 Å². The van der Waals surface area contributed by atoms with Crippen LogP contribution in [0.15, 0.2) is 59.4 Å². The Labute approximate surface area is 189 Å². The maximum Gasteiger partial charge on any atom is 0.142 e. The molecule has 6 rings (SSSR count). The molecule has 1 aliphatic heterocycles. The lowest BCUT2D eigenvalue weighted by Crippen LogP contribution is -2.43. The molecule has 0 radical (unpaired) electrons. The second-order valence-corrected chi connectivity index (χ2v) is 8.43. The molecular formula is C24H21ClN6O. The molecule has 0 atom stereocenters. The van der Waals surface area contributed by atoms with E-state index in [2.05, 4.69) is 54.3 Å². The Morgan fingerprint density at radius 2 is 1.69 bits per heavy atom. The summed E-state index contributed by atoms with van der Waals surface area (Å²) in [6.45, 7) is 4.06. The van der Waals surface area contributed by atoms with E-state index in [4.69, 9.17) is 16.2 Å². The van der Waals surface area contributed by atoms with Crippen LogP contribution in [0.1, 0.15) is 0 Å². The van der Waals surface area contributed by atoms with Crippen LogP contribution in [-0.4, -0.2) is 46.0 Å². The maximum absolute atomic E-state index is 6.70. The first-order valence-electron chi connectivity index (χ1n) is 10.6. The Hall–Kier alpha value is -3.42. The Balaban J connectivity index is 1.55. The van der Waals surface area contributed by atoms with Crippen LogP contribution in [0, 0.1) is 0 Å². The summed E-state index contributed by atoms with van der Waals surface area (Å²) >= 11 is 6.70. The molecular weight excluding hydrogens is 424 g/mol. The first-order chi connectivity index (χ1) is 15.7. The van der Waals surface area contributed by atoms with Gasteiger partial charge in [0.25, 0.3) is 0 Å². The van der Waals surface area contributed by atoms with Gasteiger partial charge in [-0.3, -0.25) is 0 Å². The molecule has 32 heavy (non-hydrogen) atoms. The number of aromatic nitrogens is 4. The number of piperazine rings is 1. The molecule has 8 heteroatoms. The van der Waals surface area contributed by atoms with Gasteiger partial charge in [-0.1, -0.05) is 29.8 Å². The summed E-state index contributed by atoms with van der Waals surface area (Å²) in [5.74, 6) is 0. The van der Waals surface area contributed by atoms with Gasteiger partial charge in [0, 0.05) is 56.1 Å². The van der Waals surface area contributed by atoms with E-state index in [0.717, 1.165) is 65.1 Å². The zero-order valence-electron chi connectivity index (χ0n) is 17.5. The number of anilines is 1. The van der Waals surface area contributed by atoms with Gasteiger partial charge in [-0.25, -0.2) is 9.61 Å². The second-order valence-electron chi connectivity index (χ2n) is 8.03. The highest BCUT2D eigenvalue weighted by molar-refractivity contribution is 6.37. The molecule has 2 aromatic carbocycles. The van der Waals surface area contributed by atoms with Crippen molar-refractivity contribution >= 4 is 39.4 Å². The van der Waals surface area contributed by atoms with E-state index in [-0.39, 0.29) is 0 Å². The third-order valence-corrected chi connectivity index (χ3v) is 6.50. The van der Waals surface area contributed by atoms with Crippen molar-refractivity contribution in [2.45, 2.75) is 0 Å². The number of pyridine rings is 1. The minimum atomic E-state index is 0.669. The number of benzene rings is 2. The molecule has 7 nitrogen and oxygen atoms in total. The topological polar surface area (TPSA) is 72.0 Å². The molecule has 1 fully saturated rings. The van der Waals surface area contributed by atoms with Gasteiger partial charge in [0.05, 0.1) is 10.7 Å². The highest BCUT2D eigenvalue weighted by Crippen LogP contribution is 2.43. The molecule has 3 aromatic heterocycles. The normalized spacial score (nSPS) is 14.5. The monoisotopic (exact) mass is 444 g/mol. The van der Waals surface area contributed by atoms with Crippen LogP contribution in [0.4, 0.5) is 5.69 Å². The van der Waals surface area contributed by atoms with Gasteiger partial charge in [-0.15, -0.1) is 0 Å². The standard InChI is InChI=1S/C24H21ClN6O/c1-30-23(15-2-5-17(6-3-15)31-12-10-26-11-13-31)21(22-18(25)8-9-27-24(22)30)16-4-7-19-20(14-16)29-32-28-19/h2-9,14,26H,10-13H2,1H3. The van der Waals surface area contributed by atoms with E-state index in [1.54, 1.807) is 6.20 Å². The number of fused-ring (bicyclic) bond motifs is 2. The summed E-state index contributed by atoms with van der Waals surface area (Å²) < 4.78 is 7.02. The Morgan fingerprint density at radius 1 is 0.938 bits per heavy atom. The molecule has 4 heterocycles. The SMILES string of the molecule is Cn1c(-c2ccc(N3CCNCC3)cc2)c(-c2ccc3nonc3c2)c2c(Cl)ccnc21. The number of aryl methyl sites for hydroxylation is 1. The number of hydrogen-bond donors (Lipinski definition) is 1. The van der Waals surface area contributed by atoms with Gasteiger partial charge < -0.3 is 14.8 Å². The molecule has 0 aliphatic carbocycles. The van der Waals surface area contributed by atoms with Crippen LogP contribution >= 0.6 is 11.6 Å². The molecule has 0 spiro atoms. The van der Waals surface area contributed by atoms with Gasteiger partial charge in [-0.05, 0) is 51.8 Å². The van der Waals surface area contributed by atoms with Crippen molar-refractivity contribution in [3.8, 4) is 22.4 Å². The fraction of sp³-hybridized carbons (Fsp3) is 0.208. The van der Waals surface area contributed by atoms with Crippen molar-refractivity contribution in [1.82, 2.24) is 25.2 Å². The molecule has 0 unspecified atom stereocenters. The Kier molecular flexibility index (Phi) is 4.59. The quantitative estimate of drug-likeness (QED) is 0.441. The lowest BCUT2D eigenvalue weighted by atomic mass is 9.98. The molecule has 160 valence electrons. The maximum atomic E-state index is 6.70. The third-order valence-electron chi connectivity index (χ3n) is 6.19. The summed E-state index contributed by atoms with van der Waals surface area (Å²) in [6.07, 6.45) is 1.75. The number of nitrogens with zero attached hydrogens (tertiary/aromatic N) is 5. The average molecular weight is 445 g/mol. The van der Waals surface area contributed by atoms with Crippen molar-refractivity contribution in [2.24, 2.45) is 7.05 Å². The first-order valence-corrected chi connectivity index (χ1v) is 11.0. The molecule has 1 aliphatic rings. The van der Waals surface area contributed by atoms with Crippen molar-refractivity contribution in [2.75, 3.05) is 31.1 Å². The molecule has 0 bridgehead atoms. The van der Waals surface area contributed by atoms with E-state index in [1.165, 1.54) is 5.69 Å². The minimum Gasteiger partial charge on any atom is -0.369 e. The molecule has 0 amide bonds. The number of halogens is 1. The molecule has 1 saturated heterocycles. The van der Waals surface area contributed by atoms with Crippen molar-refractivity contribution in [3.63, 3.8) is 0 Å². The average Bonchev–Trinajstić information content (AvgIpc) is 3.42. The van der Waals surface area contributed by atoms with Crippen molar-refractivity contribution in [1.29, 1.82) is 0 Å². The van der Waals surface area contributed by atoms with E-state index >= 15 is 0 Å². The summed E-state index contributed by atoms with van der Waals surface area (Å²) in [5, 5.41) is 13.0. The summed E-state index contributed by atoms with van der Waals surface area (Å²) in [6, 6.07) is 16.5. The summed E-state index contributed by atoms with van der Waals surface area (Å²) in [7, 11) is 2.03. The lowest BCUT2D eigenvalue weighted by Gasteiger charge is -2.29. The van der Waals surface area contributed by atoms with Crippen LogP contribution < -0.4 is 10.2 Å². The summed E-state index contributed by atoms with van der Waals surface area (Å²) in [4.78, 5) is 7.04. The zero-order valence-corrected chi connectivity index (χ0v) is 18.3. The fourth-order valence-electron chi connectivity index (χ4n) is 4.62. The van der Waals surface area contributed by atoms with Crippen LogP contribution in [0.5, 0.6) is 0 Å². The summed E-state index contributed by atoms with van der Waals surface area (Å²) in [5.41, 5.74) is 7.70. The van der Waals surface area contributed by atoms with Gasteiger partial charge >= 0.3 is 0 Å². The lowest BCUT2D eigenvalue weighted by molar-refractivity contribution is 0.315. The number of hydrogen-bond acceptors (Lipinski definition) is 6. The smallest absolute Gasteiger partial charge is 0.142 e. The van der Waals surface area contributed by atoms with Crippen molar-refractivity contribution < 1.29 is 4.63 Å². The fourth-order valence-corrected chi connectivity index (χ4v) is 4.85. The minimum absolute atomic E-state index is 0.669. The third kappa shape index (κ3) is 3.04. The highest BCUT2D eigenvalue weighted by Gasteiger charge is 2.22. The predicted molar refractivity (Wildman–Crippen MR) is 127 cm³/mol. The van der Waals surface area contributed by atoms with E-state index in [1.807, 2.05) is 31.3 Å². The Morgan fingerprint density at radius 3 is 2.50 bits per heavy atom. The van der Waals surface area contributed by atoms with Gasteiger partial charge in [0.2, 0.25) is 0 Å². The zero-order chi connectivity index (χ0) is 21.7. The number of nitrogens with one attached hydrogen (secondary N) is 1. The predicted octanol–water partition coefficient (Wildman–Crippen LogP) is 4.51. The molecule has 5 aromatic rings. The largest absolute Gasteiger partial charge is 0.369 e. The first kappa shape index (κ1) is 19.3. The van der Waals surface area contributed by atoms with Crippen LogP contribution in [0.2, 0.25) is 5.02 Å². The van der Waals surface area contributed by atoms with E-state index in [9.17, 15) is 0 Å². The van der Waals surface area contributed by atoms with Gasteiger partial charge in [0.15, 0.2) is 0 Å². The van der Waals surface area contributed by atoms with E-state index < -0.39 is 0 Å². The molecule has 1 N–H and O–H groups in total. The highest BCUT2D eigenvalue weighted by atomic mass is 35.5. The van der Waals surface area contributed by atoms with Gasteiger partial charge in [-0.2, -0.15) is 0 Å². The van der Waals surface area contributed by atoms with Crippen LogP contribution in [0.25, 0.3) is 44.5 Å². The number of rotatable bonds is 3. The second kappa shape index (κ2) is 7.62. The van der Waals surface area contributed by atoms with Crippen LogP contribution in [-0.2, 0) is 7.05 Å². The van der Waals surface area contributed by atoms with Crippen molar-refractivity contribution in [3.05, 3.63) is 59.8 Å². The Bertz CT molecular complexity index is 1430.